The Balaban J connectivity index is 1.67. The van der Waals surface area contributed by atoms with E-state index in [9.17, 15) is 9.59 Å². The number of rotatable bonds is 7. The number of hydrogen-bond acceptors (Lipinski definition) is 4. The van der Waals surface area contributed by atoms with Crippen LogP contribution in [0.4, 0.5) is 5.69 Å². The van der Waals surface area contributed by atoms with Crippen LogP contribution in [-0.4, -0.2) is 35.5 Å². The Morgan fingerprint density at radius 2 is 1.69 bits per heavy atom. The van der Waals surface area contributed by atoms with Crippen LogP contribution in [0.3, 0.4) is 0 Å². The molecule has 0 bridgehead atoms. The second kappa shape index (κ2) is 11.1. The Bertz CT molecular complexity index is 1100. The number of benzene rings is 3. The number of ether oxygens (including phenoxy) is 1. The lowest BCUT2D eigenvalue weighted by atomic mass is 10.1. The van der Waals surface area contributed by atoms with E-state index >= 15 is 0 Å². The first-order valence-corrected chi connectivity index (χ1v) is 10.6. The third kappa shape index (κ3) is 6.15. The average molecular weight is 448 g/mol. The van der Waals surface area contributed by atoms with E-state index in [2.05, 4.69) is 10.6 Å². The van der Waals surface area contributed by atoms with Crippen LogP contribution in [0.5, 0.6) is 5.75 Å². The maximum atomic E-state index is 13.0. The summed E-state index contributed by atoms with van der Waals surface area (Å²) in [6.07, 6.45) is 0. The summed E-state index contributed by atoms with van der Waals surface area (Å²) in [5.74, 6) is 0.0842. The van der Waals surface area contributed by atoms with E-state index in [1.807, 2.05) is 37.3 Å². The lowest BCUT2D eigenvalue weighted by Crippen LogP contribution is -2.35. The van der Waals surface area contributed by atoms with Gasteiger partial charge in [-0.1, -0.05) is 48.5 Å². The number of nitrogens with one attached hydrogen (secondary N) is 2. The van der Waals surface area contributed by atoms with E-state index in [0.29, 0.717) is 35.7 Å². The zero-order valence-corrected chi connectivity index (χ0v) is 18.8. The van der Waals surface area contributed by atoms with Crippen molar-refractivity contribution in [1.82, 2.24) is 10.2 Å². The SMILES string of the molecule is CCOc1cccc(C(=O)NC(=S)Nc2ccccc2C(=O)N(C)Cc2ccccc2)c1. The van der Waals surface area contributed by atoms with Crippen molar-refractivity contribution in [2.24, 2.45) is 0 Å². The van der Waals surface area contributed by atoms with Gasteiger partial charge < -0.3 is 15.0 Å². The monoisotopic (exact) mass is 447 g/mol. The van der Waals surface area contributed by atoms with Crippen LogP contribution >= 0.6 is 12.2 Å². The first-order valence-electron chi connectivity index (χ1n) is 10.2. The molecule has 0 atom stereocenters. The molecule has 164 valence electrons. The summed E-state index contributed by atoms with van der Waals surface area (Å²) in [4.78, 5) is 27.2. The van der Waals surface area contributed by atoms with Crippen molar-refractivity contribution in [1.29, 1.82) is 0 Å². The third-order valence-corrected chi connectivity index (χ3v) is 4.85. The summed E-state index contributed by atoms with van der Waals surface area (Å²) >= 11 is 5.31. The fourth-order valence-corrected chi connectivity index (χ4v) is 3.34. The van der Waals surface area contributed by atoms with Crippen LogP contribution < -0.4 is 15.4 Å². The van der Waals surface area contributed by atoms with E-state index in [-0.39, 0.29) is 16.9 Å². The molecule has 0 aliphatic rings. The predicted octanol–water partition coefficient (Wildman–Crippen LogP) is 4.48. The van der Waals surface area contributed by atoms with E-state index in [1.54, 1.807) is 60.5 Å². The molecule has 0 spiro atoms. The van der Waals surface area contributed by atoms with Crippen LogP contribution in [0, 0.1) is 0 Å². The second-order valence-corrected chi connectivity index (χ2v) is 7.47. The number of carbonyl (C=O) groups is 2. The van der Waals surface area contributed by atoms with Crippen molar-refractivity contribution < 1.29 is 14.3 Å². The number of para-hydroxylation sites is 1. The summed E-state index contributed by atoms with van der Waals surface area (Å²) in [5.41, 5.74) is 2.43. The zero-order chi connectivity index (χ0) is 22.9. The van der Waals surface area contributed by atoms with Gasteiger partial charge in [0.1, 0.15) is 5.75 Å². The first kappa shape index (κ1) is 23.0. The second-order valence-electron chi connectivity index (χ2n) is 7.06. The molecular formula is C25H25N3O3S. The minimum atomic E-state index is -0.367. The van der Waals surface area contributed by atoms with E-state index in [4.69, 9.17) is 17.0 Å². The standard InChI is InChI=1S/C25H25N3O3S/c1-3-31-20-13-9-12-19(16-20)23(29)27-25(32)26-22-15-8-7-14-21(22)24(30)28(2)17-18-10-5-4-6-11-18/h4-16H,3,17H2,1-2H3,(H2,26,27,29,32). The van der Waals surface area contributed by atoms with Crippen LogP contribution in [0.1, 0.15) is 33.2 Å². The van der Waals surface area contributed by atoms with Gasteiger partial charge in [-0.3, -0.25) is 14.9 Å². The Labute approximate surface area is 193 Å². The van der Waals surface area contributed by atoms with Crippen LogP contribution in [0.25, 0.3) is 0 Å². The lowest BCUT2D eigenvalue weighted by molar-refractivity contribution is 0.0786. The molecule has 0 aromatic heterocycles. The summed E-state index contributed by atoms with van der Waals surface area (Å²) in [6, 6.07) is 23.7. The van der Waals surface area contributed by atoms with Gasteiger partial charge in [-0.15, -0.1) is 0 Å². The Kier molecular flexibility index (Phi) is 7.94. The molecule has 0 aliphatic heterocycles. The molecule has 0 fully saturated rings. The molecule has 3 aromatic rings. The van der Waals surface area contributed by atoms with Crippen molar-refractivity contribution in [3.8, 4) is 5.75 Å². The molecule has 0 aliphatic carbocycles. The maximum Gasteiger partial charge on any atom is 0.257 e. The minimum absolute atomic E-state index is 0.0998. The van der Waals surface area contributed by atoms with Gasteiger partial charge in [-0.25, -0.2) is 0 Å². The summed E-state index contributed by atoms with van der Waals surface area (Å²) in [5, 5.41) is 5.72. The molecule has 32 heavy (non-hydrogen) atoms. The van der Waals surface area contributed by atoms with Gasteiger partial charge >= 0.3 is 0 Å². The van der Waals surface area contributed by atoms with E-state index in [1.165, 1.54) is 0 Å². The summed E-state index contributed by atoms with van der Waals surface area (Å²) in [6.45, 7) is 2.86. The number of amides is 2. The summed E-state index contributed by atoms with van der Waals surface area (Å²) in [7, 11) is 1.75. The molecule has 7 heteroatoms. The highest BCUT2D eigenvalue weighted by molar-refractivity contribution is 7.80. The molecule has 6 nitrogen and oxygen atoms in total. The molecule has 3 rings (SSSR count). The fourth-order valence-electron chi connectivity index (χ4n) is 3.14. The first-order chi connectivity index (χ1) is 15.5. The normalized spacial score (nSPS) is 10.2. The Morgan fingerprint density at radius 3 is 2.44 bits per heavy atom. The van der Waals surface area contributed by atoms with Gasteiger partial charge in [-0.2, -0.15) is 0 Å². The topological polar surface area (TPSA) is 70.7 Å². The molecule has 2 N–H and O–H groups in total. The van der Waals surface area contributed by atoms with Gasteiger partial charge in [0.05, 0.1) is 17.9 Å². The number of thiocarbonyl (C=S) groups is 1. The largest absolute Gasteiger partial charge is 0.494 e. The third-order valence-electron chi connectivity index (χ3n) is 4.65. The highest BCUT2D eigenvalue weighted by Crippen LogP contribution is 2.18. The molecular weight excluding hydrogens is 422 g/mol. The quantitative estimate of drug-likeness (QED) is 0.523. The van der Waals surface area contributed by atoms with E-state index in [0.717, 1.165) is 5.56 Å². The number of nitrogens with zero attached hydrogens (tertiary/aromatic N) is 1. The van der Waals surface area contributed by atoms with Gasteiger partial charge in [0, 0.05) is 19.2 Å². The molecule has 0 heterocycles. The maximum absolute atomic E-state index is 13.0. The molecule has 0 saturated heterocycles. The molecule has 0 unspecified atom stereocenters. The smallest absolute Gasteiger partial charge is 0.257 e. The van der Waals surface area contributed by atoms with Crippen molar-refractivity contribution in [2.75, 3.05) is 19.0 Å². The van der Waals surface area contributed by atoms with Crippen molar-refractivity contribution >= 4 is 34.8 Å². The highest BCUT2D eigenvalue weighted by atomic mass is 32.1. The average Bonchev–Trinajstić information content (AvgIpc) is 2.80. The number of anilines is 1. The number of hydrogen-bond donors (Lipinski definition) is 2. The predicted molar refractivity (Wildman–Crippen MR) is 130 cm³/mol. The van der Waals surface area contributed by atoms with Crippen LogP contribution in [0.15, 0.2) is 78.9 Å². The van der Waals surface area contributed by atoms with Crippen molar-refractivity contribution in [3.63, 3.8) is 0 Å². The van der Waals surface area contributed by atoms with Gasteiger partial charge in [0.25, 0.3) is 11.8 Å². The molecule has 0 saturated carbocycles. The van der Waals surface area contributed by atoms with Crippen molar-refractivity contribution in [3.05, 3.63) is 95.6 Å². The fraction of sp³-hybridized carbons (Fsp3) is 0.160. The zero-order valence-electron chi connectivity index (χ0n) is 18.0. The minimum Gasteiger partial charge on any atom is -0.494 e. The van der Waals surface area contributed by atoms with Gasteiger partial charge in [-0.05, 0) is 55.0 Å². The van der Waals surface area contributed by atoms with Crippen LogP contribution in [0.2, 0.25) is 0 Å². The number of carbonyl (C=O) groups excluding carboxylic acids is 2. The Hall–Kier alpha value is -3.71. The molecule has 2 amide bonds. The van der Waals surface area contributed by atoms with Gasteiger partial charge in [0.2, 0.25) is 0 Å². The molecule has 0 radical (unpaired) electrons. The van der Waals surface area contributed by atoms with E-state index < -0.39 is 0 Å². The summed E-state index contributed by atoms with van der Waals surface area (Å²) < 4.78 is 5.43. The Morgan fingerprint density at radius 1 is 0.969 bits per heavy atom. The highest BCUT2D eigenvalue weighted by Gasteiger charge is 2.17. The van der Waals surface area contributed by atoms with Gasteiger partial charge in [0.15, 0.2) is 5.11 Å². The lowest BCUT2D eigenvalue weighted by Gasteiger charge is -2.20. The van der Waals surface area contributed by atoms with Crippen molar-refractivity contribution in [2.45, 2.75) is 13.5 Å². The van der Waals surface area contributed by atoms with Crippen LogP contribution in [-0.2, 0) is 6.54 Å². The molecule has 3 aromatic carbocycles.